The van der Waals surface area contributed by atoms with Crippen LogP contribution in [0.5, 0.6) is 0 Å². The molecule has 0 aliphatic carbocycles. The molecule has 6 heteroatoms. The number of amides is 1. The van der Waals surface area contributed by atoms with E-state index in [0.717, 1.165) is 0 Å². The maximum atomic E-state index is 12.1. The van der Waals surface area contributed by atoms with Crippen LogP contribution in [0.15, 0.2) is 0 Å². The maximum Gasteiger partial charge on any atom is 0.391 e. The summed E-state index contributed by atoms with van der Waals surface area (Å²) in [6.45, 7) is 8.77. The number of hydrogen-bond donors (Lipinski definition) is 0. The van der Waals surface area contributed by atoms with Gasteiger partial charge in [0.2, 0.25) is 0 Å². The second-order valence-electron chi connectivity index (χ2n) is 5.39. The number of rotatable bonds is 6. The summed E-state index contributed by atoms with van der Waals surface area (Å²) in [5, 5.41) is 0. The maximum absolute atomic E-state index is 12.1. The number of hydrogen-bond acceptors (Lipinski definition) is 4. The zero-order valence-electron chi connectivity index (χ0n) is 12.6. The molecule has 0 heterocycles. The van der Waals surface area contributed by atoms with Crippen molar-refractivity contribution in [1.29, 1.82) is 0 Å². The van der Waals surface area contributed by atoms with Crippen LogP contribution < -0.4 is 0 Å². The number of carbonyl (C=O) groups excluding carboxylic acids is 2. The standard InChI is InChI=1S/C12H25BN2O3/c1-9(2)10(16)12(3,4)15(6)8-7-14(5)11(17)18-13/h9H,7-8,13H2,1-6H3. The van der Waals surface area contributed by atoms with Gasteiger partial charge in [-0.05, 0) is 20.9 Å². The Kier molecular flexibility index (Phi) is 6.39. The van der Waals surface area contributed by atoms with Gasteiger partial charge in [-0.1, -0.05) is 13.8 Å². The summed E-state index contributed by atoms with van der Waals surface area (Å²) in [7, 11) is 4.93. The van der Waals surface area contributed by atoms with Gasteiger partial charge in [0.25, 0.3) is 0 Å². The number of ketones is 1. The van der Waals surface area contributed by atoms with Crippen molar-refractivity contribution >= 4 is 19.9 Å². The van der Waals surface area contributed by atoms with E-state index in [1.807, 2.05) is 39.6 Å². The van der Waals surface area contributed by atoms with Crippen LogP contribution in [-0.4, -0.2) is 62.4 Å². The molecular weight excluding hydrogens is 231 g/mol. The van der Waals surface area contributed by atoms with E-state index >= 15 is 0 Å². The molecule has 0 unspecified atom stereocenters. The highest BCUT2D eigenvalue weighted by molar-refractivity contribution is 6.04. The van der Waals surface area contributed by atoms with Crippen LogP contribution in [0.4, 0.5) is 4.79 Å². The molecular formula is C12H25BN2O3. The first-order valence-electron chi connectivity index (χ1n) is 6.19. The minimum absolute atomic E-state index is 0.000728. The Hall–Kier alpha value is -1.04. The second-order valence-corrected chi connectivity index (χ2v) is 5.39. The van der Waals surface area contributed by atoms with Gasteiger partial charge in [-0.25, -0.2) is 4.79 Å². The van der Waals surface area contributed by atoms with Crippen molar-refractivity contribution < 1.29 is 14.2 Å². The molecule has 0 fully saturated rings. The Balaban J connectivity index is 4.44. The lowest BCUT2D eigenvalue weighted by atomic mass is 9.89. The normalized spacial score (nSPS) is 11.8. The van der Waals surface area contributed by atoms with Crippen LogP contribution in [0.1, 0.15) is 27.7 Å². The van der Waals surface area contributed by atoms with Gasteiger partial charge in [0.05, 0.1) is 5.54 Å². The van der Waals surface area contributed by atoms with Gasteiger partial charge in [-0.2, -0.15) is 0 Å². The van der Waals surface area contributed by atoms with E-state index < -0.39 is 5.54 Å². The minimum Gasteiger partial charge on any atom is -0.528 e. The van der Waals surface area contributed by atoms with Crippen LogP contribution in [0.3, 0.4) is 0 Å². The summed E-state index contributed by atoms with van der Waals surface area (Å²) < 4.78 is 4.62. The smallest absolute Gasteiger partial charge is 0.391 e. The van der Waals surface area contributed by atoms with E-state index in [1.165, 1.54) is 12.9 Å². The highest BCUT2D eigenvalue weighted by Gasteiger charge is 2.33. The zero-order valence-corrected chi connectivity index (χ0v) is 12.6. The predicted molar refractivity (Wildman–Crippen MR) is 74.2 cm³/mol. The first kappa shape index (κ1) is 17.0. The van der Waals surface area contributed by atoms with Crippen molar-refractivity contribution in [3.05, 3.63) is 0 Å². The molecule has 0 bridgehead atoms. The van der Waals surface area contributed by atoms with Gasteiger partial charge in [0, 0.05) is 26.1 Å². The van der Waals surface area contributed by atoms with Gasteiger partial charge in [-0.15, -0.1) is 0 Å². The molecule has 5 nitrogen and oxygen atoms in total. The molecule has 1 amide bonds. The molecule has 0 N–H and O–H groups in total. The minimum atomic E-state index is -0.523. The monoisotopic (exact) mass is 256 g/mol. The van der Waals surface area contributed by atoms with E-state index in [-0.39, 0.29) is 17.8 Å². The van der Waals surface area contributed by atoms with Gasteiger partial charge in [0.15, 0.2) is 5.78 Å². The summed E-state index contributed by atoms with van der Waals surface area (Å²) in [4.78, 5) is 26.8. The Morgan fingerprint density at radius 2 is 1.72 bits per heavy atom. The average Bonchev–Trinajstić information content (AvgIpc) is 2.32. The molecule has 0 radical (unpaired) electrons. The molecule has 104 valence electrons. The molecule has 0 aromatic carbocycles. The largest absolute Gasteiger partial charge is 0.528 e. The third-order valence-electron chi connectivity index (χ3n) is 3.34. The summed E-state index contributed by atoms with van der Waals surface area (Å²) in [6, 6.07) is 0. The van der Waals surface area contributed by atoms with Crippen LogP contribution in [0, 0.1) is 5.92 Å². The lowest BCUT2D eigenvalue weighted by Crippen LogP contribution is -2.51. The lowest BCUT2D eigenvalue weighted by Gasteiger charge is -2.36. The summed E-state index contributed by atoms with van der Waals surface area (Å²) in [6.07, 6.45) is -0.364. The number of likely N-dealkylation sites (N-methyl/N-ethyl adjacent to an activating group) is 2. The molecule has 0 rings (SSSR count). The number of Topliss-reactive ketones (excluding diaryl/α,β-unsaturated/α-hetero) is 1. The topological polar surface area (TPSA) is 49.9 Å². The van der Waals surface area contributed by atoms with Gasteiger partial charge >= 0.3 is 14.1 Å². The van der Waals surface area contributed by atoms with E-state index in [9.17, 15) is 9.59 Å². The number of nitrogens with zero attached hydrogens (tertiary/aromatic N) is 2. The van der Waals surface area contributed by atoms with Crippen LogP contribution in [0.25, 0.3) is 0 Å². The van der Waals surface area contributed by atoms with Crippen molar-refractivity contribution in [2.24, 2.45) is 5.92 Å². The van der Waals surface area contributed by atoms with Crippen molar-refractivity contribution in [2.75, 3.05) is 27.2 Å². The summed E-state index contributed by atoms with van der Waals surface area (Å²) in [5.74, 6) is 0.200. The lowest BCUT2D eigenvalue weighted by molar-refractivity contribution is -0.131. The molecule has 0 atom stereocenters. The Bertz CT molecular complexity index is 306. The van der Waals surface area contributed by atoms with E-state index in [2.05, 4.69) is 4.65 Å². The van der Waals surface area contributed by atoms with Crippen LogP contribution >= 0.6 is 0 Å². The van der Waals surface area contributed by atoms with Crippen molar-refractivity contribution in [2.45, 2.75) is 33.2 Å². The fourth-order valence-corrected chi connectivity index (χ4v) is 1.72. The first-order valence-corrected chi connectivity index (χ1v) is 6.19. The molecule has 0 saturated heterocycles. The predicted octanol–water partition coefficient (Wildman–Crippen LogP) is 0.538. The molecule has 0 saturated carbocycles. The fraction of sp³-hybridized carbons (Fsp3) is 0.833. The Morgan fingerprint density at radius 3 is 2.11 bits per heavy atom. The van der Waals surface area contributed by atoms with Gasteiger partial charge in [0.1, 0.15) is 0 Å². The summed E-state index contributed by atoms with van der Waals surface area (Å²) in [5.41, 5.74) is -0.523. The first-order chi connectivity index (χ1) is 8.14. The Morgan fingerprint density at radius 1 is 1.22 bits per heavy atom. The zero-order chi connectivity index (χ0) is 14.5. The van der Waals surface area contributed by atoms with Crippen molar-refractivity contribution in [1.82, 2.24) is 9.80 Å². The third kappa shape index (κ3) is 4.33. The van der Waals surface area contributed by atoms with Gasteiger partial charge < -0.3 is 9.55 Å². The molecule has 0 spiro atoms. The highest BCUT2D eigenvalue weighted by atomic mass is 16.5. The Labute approximate surface area is 111 Å². The second kappa shape index (κ2) is 6.78. The third-order valence-corrected chi connectivity index (χ3v) is 3.34. The molecule has 18 heavy (non-hydrogen) atoms. The van der Waals surface area contributed by atoms with Crippen LogP contribution in [-0.2, 0) is 9.45 Å². The molecule has 0 aromatic rings. The summed E-state index contributed by atoms with van der Waals surface area (Å²) >= 11 is 0. The highest BCUT2D eigenvalue weighted by Crippen LogP contribution is 2.18. The van der Waals surface area contributed by atoms with Gasteiger partial charge in [-0.3, -0.25) is 9.69 Å². The SMILES string of the molecule is BOC(=O)N(C)CCN(C)C(C)(C)C(=O)C(C)C. The number of carbonyl (C=O) groups is 2. The average molecular weight is 256 g/mol. The van der Waals surface area contributed by atoms with Crippen molar-refractivity contribution in [3.8, 4) is 0 Å². The van der Waals surface area contributed by atoms with E-state index in [0.29, 0.717) is 13.1 Å². The molecule has 0 aromatic heterocycles. The van der Waals surface area contributed by atoms with E-state index in [1.54, 1.807) is 7.05 Å². The molecule has 0 aliphatic rings. The molecule has 0 aliphatic heterocycles. The fourth-order valence-electron chi connectivity index (χ4n) is 1.72. The van der Waals surface area contributed by atoms with Crippen molar-refractivity contribution in [3.63, 3.8) is 0 Å². The quantitative estimate of drug-likeness (QED) is 0.651. The van der Waals surface area contributed by atoms with E-state index in [4.69, 9.17) is 0 Å². The van der Waals surface area contributed by atoms with Crippen LogP contribution in [0.2, 0.25) is 0 Å².